The third-order valence-electron chi connectivity index (χ3n) is 8.48. The Hall–Kier alpha value is -4.14. The van der Waals surface area contributed by atoms with Crippen molar-refractivity contribution in [3.05, 3.63) is 179 Å². The van der Waals surface area contributed by atoms with Gasteiger partial charge in [0.05, 0.1) is 39.1 Å². The van der Waals surface area contributed by atoms with Crippen LogP contribution in [0, 0.1) is 0 Å². The summed E-state index contributed by atoms with van der Waals surface area (Å²) in [5, 5.41) is 0. The highest BCUT2D eigenvalue weighted by atomic mass is 16.6. The predicted octanol–water partition coefficient (Wildman–Crippen LogP) is 7.25. The smallest absolute Gasteiger partial charge is 0.115 e. The van der Waals surface area contributed by atoms with Crippen LogP contribution in [0.1, 0.15) is 27.8 Å². The summed E-state index contributed by atoms with van der Waals surface area (Å²) in [6.07, 6.45) is -2.73. The van der Waals surface area contributed by atoms with Gasteiger partial charge in [-0.1, -0.05) is 152 Å². The summed E-state index contributed by atoms with van der Waals surface area (Å²) < 4.78 is 33.7. The third kappa shape index (κ3) is 9.24. The molecule has 0 saturated heterocycles. The molecule has 0 amide bonds. The van der Waals surface area contributed by atoms with Crippen LogP contribution in [-0.4, -0.2) is 36.6 Å². The van der Waals surface area contributed by atoms with E-state index >= 15 is 0 Å². The molecule has 0 heterocycles. The molecular weight excluding hydrogens is 586 g/mol. The second-order valence-corrected chi connectivity index (χ2v) is 11.9. The second-order valence-electron chi connectivity index (χ2n) is 11.9. The topological polar surface area (TPSA) is 72.2 Å². The van der Waals surface area contributed by atoms with E-state index in [0.29, 0.717) is 33.0 Å². The summed E-state index contributed by atoms with van der Waals surface area (Å²) in [6.45, 7) is 1.85. The monoisotopic (exact) mass is 629 g/mol. The zero-order chi connectivity index (χ0) is 32.1. The Labute approximate surface area is 278 Å². The fourth-order valence-corrected chi connectivity index (χ4v) is 6.00. The normalized spacial score (nSPS) is 22.6. The Morgan fingerprint density at radius 1 is 0.298 bits per heavy atom. The van der Waals surface area contributed by atoms with E-state index in [2.05, 4.69) is 36.4 Å². The van der Waals surface area contributed by atoms with Gasteiger partial charge in [0.1, 0.15) is 30.5 Å². The van der Waals surface area contributed by atoms with Crippen molar-refractivity contribution >= 4 is 0 Å². The Bertz CT molecular complexity index is 1470. The van der Waals surface area contributed by atoms with Crippen molar-refractivity contribution in [2.24, 2.45) is 5.73 Å². The molecule has 0 spiro atoms. The molecule has 4 atom stereocenters. The maximum Gasteiger partial charge on any atom is 0.115 e. The number of rotatable bonds is 15. The molecule has 1 fully saturated rings. The summed E-state index contributed by atoms with van der Waals surface area (Å²) in [7, 11) is 0. The highest BCUT2D eigenvalue weighted by molar-refractivity contribution is 5.18. The quantitative estimate of drug-likeness (QED) is 0.132. The van der Waals surface area contributed by atoms with Crippen molar-refractivity contribution < 1.29 is 23.7 Å². The Morgan fingerprint density at radius 2 is 0.489 bits per heavy atom. The first-order chi connectivity index (χ1) is 23.2. The Morgan fingerprint density at radius 3 is 0.723 bits per heavy atom. The first kappa shape index (κ1) is 32.8. The molecule has 5 aromatic carbocycles. The molecule has 6 heteroatoms. The van der Waals surface area contributed by atoms with E-state index < -0.39 is 36.6 Å². The third-order valence-corrected chi connectivity index (χ3v) is 8.48. The van der Waals surface area contributed by atoms with Crippen molar-refractivity contribution in [1.29, 1.82) is 0 Å². The van der Waals surface area contributed by atoms with Crippen molar-refractivity contribution in [3.8, 4) is 0 Å². The number of nitrogens with two attached hydrogens (primary N) is 1. The lowest BCUT2D eigenvalue weighted by atomic mass is 9.82. The fraction of sp³-hybridized carbons (Fsp3) is 0.268. The zero-order valence-electron chi connectivity index (χ0n) is 26.6. The fourth-order valence-electron chi connectivity index (χ4n) is 6.00. The lowest BCUT2D eigenvalue weighted by Crippen LogP contribution is -2.69. The second kappa shape index (κ2) is 17.1. The van der Waals surface area contributed by atoms with Crippen molar-refractivity contribution in [1.82, 2.24) is 0 Å². The van der Waals surface area contributed by atoms with E-state index in [9.17, 15) is 0 Å². The average Bonchev–Trinajstić information content (AvgIpc) is 3.14. The minimum absolute atomic E-state index is 0.369. The van der Waals surface area contributed by atoms with Gasteiger partial charge in [-0.05, 0) is 27.8 Å². The highest BCUT2D eigenvalue weighted by Crippen LogP contribution is 2.34. The maximum absolute atomic E-state index is 7.17. The van der Waals surface area contributed by atoms with E-state index in [0.717, 1.165) is 27.8 Å². The van der Waals surface area contributed by atoms with E-state index in [1.807, 2.05) is 115 Å². The van der Waals surface area contributed by atoms with Crippen LogP contribution in [0.5, 0.6) is 0 Å². The average molecular weight is 630 g/mol. The maximum atomic E-state index is 7.17. The number of benzene rings is 5. The van der Waals surface area contributed by atoms with E-state index in [-0.39, 0.29) is 0 Å². The molecule has 0 aliphatic heterocycles. The van der Waals surface area contributed by atoms with Gasteiger partial charge in [-0.25, -0.2) is 0 Å². The van der Waals surface area contributed by atoms with Crippen LogP contribution >= 0.6 is 0 Å². The molecule has 6 nitrogen and oxygen atoms in total. The lowest BCUT2D eigenvalue weighted by molar-refractivity contribution is -0.256. The summed E-state index contributed by atoms with van der Waals surface area (Å²) in [5.74, 6) is 0. The minimum atomic E-state index is -0.569. The molecule has 1 saturated carbocycles. The van der Waals surface area contributed by atoms with Crippen molar-refractivity contribution in [2.75, 3.05) is 0 Å². The van der Waals surface area contributed by atoms with Gasteiger partial charge in [0.15, 0.2) is 0 Å². The van der Waals surface area contributed by atoms with Gasteiger partial charge in [0.2, 0.25) is 0 Å². The zero-order valence-corrected chi connectivity index (χ0v) is 26.6. The number of hydrogen-bond acceptors (Lipinski definition) is 6. The predicted molar refractivity (Wildman–Crippen MR) is 183 cm³/mol. The SMILES string of the molecule is NC1C(OCc2ccccc2)C(OCc2ccccc2)C(OCc2ccccc2)C(OCc2ccccc2)C1OCc1ccccc1. The number of hydrogen-bond donors (Lipinski definition) is 1. The minimum Gasteiger partial charge on any atom is -0.369 e. The van der Waals surface area contributed by atoms with Crippen LogP contribution in [0.4, 0.5) is 0 Å². The molecule has 5 aromatic rings. The molecule has 1 aliphatic rings. The van der Waals surface area contributed by atoms with Gasteiger partial charge < -0.3 is 29.4 Å². The largest absolute Gasteiger partial charge is 0.369 e. The van der Waals surface area contributed by atoms with Gasteiger partial charge in [-0.2, -0.15) is 0 Å². The van der Waals surface area contributed by atoms with Crippen LogP contribution < -0.4 is 5.73 Å². The summed E-state index contributed by atoms with van der Waals surface area (Å²) in [6, 6.07) is 50.0. The molecule has 4 unspecified atom stereocenters. The first-order valence-corrected chi connectivity index (χ1v) is 16.3. The van der Waals surface area contributed by atoms with Crippen LogP contribution in [0.25, 0.3) is 0 Å². The molecule has 242 valence electrons. The van der Waals surface area contributed by atoms with Gasteiger partial charge in [-0.15, -0.1) is 0 Å². The molecule has 0 bridgehead atoms. The molecule has 2 N–H and O–H groups in total. The Kier molecular flexibility index (Phi) is 12.0. The molecule has 6 rings (SSSR count). The summed E-state index contributed by atoms with van der Waals surface area (Å²) >= 11 is 0. The van der Waals surface area contributed by atoms with Crippen LogP contribution in [0.2, 0.25) is 0 Å². The molecule has 0 aromatic heterocycles. The lowest BCUT2D eigenvalue weighted by Gasteiger charge is -2.49. The van der Waals surface area contributed by atoms with Gasteiger partial charge in [-0.3, -0.25) is 0 Å². The van der Waals surface area contributed by atoms with Crippen LogP contribution in [0.3, 0.4) is 0 Å². The standard InChI is InChI=1S/C41H43NO5/c42-36-37(43-26-31-16-6-1-7-17-31)39(45-28-33-20-10-3-11-21-33)41(47-30-35-24-14-5-15-25-35)40(46-29-34-22-12-4-13-23-34)38(36)44-27-32-18-8-2-9-19-32/h1-25,36-41H,26-30,42H2. The van der Waals surface area contributed by atoms with Crippen LogP contribution in [0.15, 0.2) is 152 Å². The summed E-state index contributed by atoms with van der Waals surface area (Å²) in [5.41, 5.74) is 12.4. The van der Waals surface area contributed by atoms with E-state index in [1.165, 1.54) is 0 Å². The number of ether oxygens (including phenoxy) is 5. The van der Waals surface area contributed by atoms with Crippen molar-refractivity contribution in [2.45, 2.75) is 69.6 Å². The van der Waals surface area contributed by atoms with E-state index in [1.54, 1.807) is 0 Å². The molecule has 47 heavy (non-hydrogen) atoms. The first-order valence-electron chi connectivity index (χ1n) is 16.3. The molecule has 1 aliphatic carbocycles. The highest BCUT2D eigenvalue weighted by Gasteiger charge is 2.53. The van der Waals surface area contributed by atoms with Gasteiger partial charge in [0, 0.05) is 0 Å². The van der Waals surface area contributed by atoms with Gasteiger partial charge in [0.25, 0.3) is 0 Å². The molecular formula is C41H43NO5. The van der Waals surface area contributed by atoms with Gasteiger partial charge >= 0.3 is 0 Å². The van der Waals surface area contributed by atoms with Crippen LogP contribution in [-0.2, 0) is 56.7 Å². The van der Waals surface area contributed by atoms with Crippen molar-refractivity contribution in [3.63, 3.8) is 0 Å². The summed E-state index contributed by atoms with van der Waals surface area (Å²) in [4.78, 5) is 0. The van der Waals surface area contributed by atoms with E-state index in [4.69, 9.17) is 29.4 Å². The molecule has 0 radical (unpaired) electrons. The Balaban J connectivity index is 1.35.